The van der Waals surface area contributed by atoms with Crippen molar-refractivity contribution in [1.29, 1.82) is 0 Å². The lowest BCUT2D eigenvalue weighted by atomic mass is 10.0. The van der Waals surface area contributed by atoms with Crippen molar-refractivity contribution < 1.29 is 14.3 Å². The minimum Gasteiger partial charge on any atom is -0.457 e. The molecule has 0 aliphatic rings. The zero-order valence-electron chi connectivity index (χ0n) is 8.71. The van der Waals surface area contributed by atoms with E-state index in [0.29, 0.717) is 16.7 Å². The van der Waals surface area contributed by atoms with Crippen molar-refractivity contribution in [2.75, 3.05) is 6.61 Å². The van der Waals surface area contributed by atoms with E-state index in [9.17, 15) is 4.79 Å². The first-order valence-electron chi connectivity index (χ1n) is 4.62. The molecule has 0 saturated carbocycles. The Hall–Kier alpha value is -0.810. The topological polar surface area (TPSA) is 62.5 Å². The van der Waals surface area contributed by atoms with Crippen LogP contribution in [0.15, 0.2) is 21.4 Å². The summed E-state index contributed by atoms with van der Waals surface area (Å²) < 4.78 is 5.38. The molecule has 4 nitrogen and oxygen atoms in total. The summed E-state index contributed by atoms with van der Waals surface area (Å²) in [5.41, 5.74) is 0.0312. The van der Waals surface area contributed by atoms with Crippen LogP contribution in [0.5, 0.6) is 0 Å². The smallest absolute Gasteiger partial charge is 0.256 e. The molecule has 1 heterocycles. The summed E-state index contributed by atoms with van der Waals surface area (Å²) in [7, 11) is 0. The van der Waals surface area contributed by atoms with E-state index in [0.717, 1.165) is 0 Å². The fraction of sp³-hybridized carbons (Fsp3) is 0.500. The number of carbonyl (C=O) groups is 1. The average Bonchev–Trinajstić information content (AvgIpc) is 2.50. The van der Waals surface area contributed by atoms with Crippen molar-refractivity contribution in [1.82, 2.24) is 5.32 Å². The Balaban J connectivity index is 2.68. The van der Waals surface area contributed by atoms with Gasteiger partial charge in [0.15, 0.2) is 4.67 Å². The number of halogens is 1. The van der Waals surface area contributed by atoms with Crippen LogP contribution in [0.1, 0.15) is 30.6 Å². The van der Waals surface area contributed by atoms with E-state index in [-0.39, 0.29) is 12.5 Å². The largest absolute Gasteiger partial charge is 0.457 e. The quantitative estimate of drug-likeness (QED) is 0.883. The minimum absolute atomic E-state index is 0.0415. The molecule has 0 spiro atoms. The van der Waals surface area contributed by atoms with Crippen LogP contribution in [0.4, 0.5) is 0 Å². The van der Waals surface area contributed by atoms with Gasteiger partial charge in [-0.05, 0) is 42.3 Å². The summed E-state index contributed by atoms with van der Waals surface area (Å²) in [6.45, 7) is 3.75. The molecule has 1 aromatic heterocycles. The number of hydrogen-bond acceptors (Lipinski definition) is 3. The van der Waals surface area contributed by atoms with Gasteiger partial charge in [0.05, 0.1) is 11.8 Å². The molecule has 84 valence electrons. The molecule has 0 aliphatic carbocycles. The lowest BCUT2D eigenvalue weighted by Crippen LogP contribution is -2.44. The molecule has 2 N–H and O–H groups in total. The molecule has 1 aromatic rings. The number of carbonyl (C=O) groups excluding carboxylic acids is 1. The van der Waals surface area contributed by atoms with Gasteiger partial charge in [0.2, 0.25) is 0 Å². The Labute approximate surface area is 96.8 Å². The Morgan fingerprint density at radius 1 is 1.67 bits per heavy atom. The van der Waals surface area contributed by atoms with Gasteiger partial charge in [-0.15, -0.1) is 0 Å². The van der Waals surface area contributed by atoms with Crippen LogP contribution in [0.2, 0.25) is 0 Å². The van der Waals surface area contributed by atoms with Crippen LogP contribution in [0, 0.1) is 0 Å². The molecular formula is C10H14BrNO3. The van der Waals surface area contributed by atoms with E-state index in [1.165, 1.54) is 6.26 Å². The lowest BCUT2D eigenvalue weighted by Gasteiger charge is -2.25. The van der Waals surface area contributed by atoms with E-state index in [4.69, 9.17) is 9.52 Å². The second kappa shape index (κ2) is 4.81. The highest BCUT2D eigenvalue weighted by atomic mass is 79.9. The zero-order valence-corrected chi connectivity index (χ0v) is 10.3. The second-order valence-corrected chi connectivity index (χ2v) is 4.64. The first kappa shape index (κ1) is 12.3. The van der Waals surface area contributed by atoms with Gasteiger partial charge in [-0.1, -0.05) is 0 Å². The van der Waals surface area contributed by atoms with Crippen LogP contribution in [-0.4, -0.2) is 23.2 Å². The summed E-state index contributed by atoms with van der Waals surface area (Å²) in [5.74, 6) is -0.214. The van der Waals surface area contributed by atoms with Crippen LogP contribution in [-0.2, 0) is 0 Å². The molecular weight excluding hydrogens is 262 g/mol. The molecule has 1 rings (SSSR count). The van der Waals surface area contributed by atoms with Gasteiger partial charge in [-0.2, -0.15) is 0 Å². The minimum atomic E-state index is -0.428. The molecule has 0 radical (unpaired) electrons. The highest BCUT2D eigenvalue weighted by molar-refractivity contribution is 9.10. The Morgan fingerprint density at radius 2 is 2.33 bits per heavy atom. The van der Waals surface area contributed by atoms with E-state index in [1.54, 1.807) is 6.07 Å². The summed E-state index contributed by atoms with van der Waals surface area (Å²) >= 11 is 3.14. The summed E-state index contributed by atoms with van der Waals surface area (Å²) in [6.07, 6.45) is 1.95. The molecule has 0 bridgehead atoms. The lowest BCUT2D eigenvalue weighted by molar-refractivity contribution is 0.0898. The third kappa shape index (κ3) is 3.35. The zero-order chi connectivity index (χ0) is 11.5. The number of aliphatic hydroxyl groups excluding tert-OH is 1. The number of rotatable bonds is 4. The normalized spacial score (nSPS) is 11.5. The molecule has 5 heteroatoms. The van der Waals surface area contributed by atoms with Crippen molar-refractivity contribution in [3.8, 4) is 0 Å². The fourth-order valence-corrected chi connectivity index (χ4v) is 1.59. The van der Waals surface area contributed by atoms with Crippen molar-refractivity contribution in [3.05, 3.63) is 22.6 Å². The first-order chi connectivity index (χ1) is 6.96. The van der Waals surface area contributed by atoms with Crippen LogP contribution < -0.4 is 5.32 Å². The molecule has 0 fully saturated rings. The molecule has 0 saturated heterocycles. The van der Waals surface area contributed by atoms with Crippen molar-refractivity contribution in [2.45, 2.75) is 25.8 Å². The second-order valence-electron chi connectivity index (χ2n) is 3.92. The predicted octanol–water partition coefficient (Wildman–Crippen LogP) is 1.93. The average molecular weight is 276 g/mol. The number of nitrogens with one attached hydrogen (secondary N) is 1. The number of hydrogen-bond donors (Lipinski definition) is 2. The monoisotopic (exact) mass is 275 g/mol. The van der Waals surface area contributed by atoms with Crippen LogP contribution >= 0.6 is 15.9 Å². The molecule has 0 atom stereocenters. The van der Waals surface area contributed by atoms with Crippen LogP contribution in [0.3, 0.4) is 0 Å². The molecule has 0 unspecified atom stereocenters. The van der Waals surface area contributed by atoms with Gasteiger partial charge in [-0.3, -0.25) is 4.79 Å². The van der Waals surface area contributed by atoms with Crippen molar-refractivity contribution in [2.24, 2.45) is 0 Å². The number of aliphatic hydroxyl groups is 1. The van der Waals surface area contributed by atoms with Crippen molar-refractivity contribution in [3.63, 3.8) is 0 Å². The van der Waals surface area contributed by atoms with Gasteiger partial charge < -0.3 is 14.8 Å². The Bertz CT molecular complexity index is 346. The summed E-state index contributed by atoms with van der Waals surface area (Å²) in [5, 5.41) is 11.6. The standard InChI is InChI=1S/C10H14BrNO3/c1-10(2,4-5-13)12-9(14)7-3-6-15-8(7)11/h3,6,13H,4-5H2,1-2H3,(H,12,14). The van der Waals surface area contributed by atoms with Gasteiger partial charge in [0.1, 0.15) is 0 Å². The number of furan rings is 1. The van der Waals surface area contributed by atoms with Gasteiger partial charge >= 0.3 is 0 Å². The predicted molar refractivity (Wildman–Crippen MR) is 59.7 cm³/mol. The fourth-order valence-electron chi connectivity index (χ4n) is 1.17. The van der Waals surface area contributed by atoms with Gasteiger partial charge in [0.25, 0.3) is 5.91 Å². The summed E-state index contributed by atoms with van der Waals surface area (Å²) in [6, 6.07) is 1.59. The molecule has 0 aromatic carbocycles. The molecule has 1 amide bonds. The number of amides is 1. The first-order valence-corrected chi connectivity index (χ1v) is 5.42. The maximum Gasteiger partial charge on any atom is 0.256 e. The third-order valence-electron chi connectivity index (χ3n) is 2.05. The van der Waals surface area contributed by atoms with Gasteiger partial charge in [-0.25, -0.2) is 0 Å². The Morgan fingerprint density at radius 3 is 2.80 bits per heavy atom. The molecule has 0 aliphatic heterocycles. The molecule has 15 heavy (non-hydrogen) atoms. The highest BCUT2D eigenvalue weighted by Crippen LogP contribution is 2.18. The highest BCUT2D eigenvalue weighted by Gasteiger charge is 2.22. The SMILES string of the molecule is CC(C)(CCO)NC(=O)c1ccoc1Br. The van der Waals surface area contributed by atoms with Crippen molar-refractivity contribution >= 4 is 21.8 Å². The maximum atomic E-state index is 11.7. The summed E-state index contributed by atoms with van der Waals surface area (Å²) in [4.78, 5) is 11.7. The Kier molecular flexibility index (Phi) is 3.93. The van der Waals surface area contributed by atoms with E-state index >= 15 is 0 Å². The van der Waals surface area contributed by atoms with E-state index in [1.807, 2.05) is 13.8 Å². The van der Waals surface area contributed by atoms with Crippen LogP contribution in [0.25, 0.3) is 0 Å². The maximum absolute atomic E-state index is 11.7. The van der Waals surface area contributed by atoms with Gasteiger partial charge in [0, 0.05) is 12.1 Å². The van der Waals surface area contributed by atoms with E-state index in [2.05, 4.69) is 21.2 Å². The third-order valence-corrected chi connectivity index (χ3v) is 2.67. The van der Waals surface area contributed by atoms with E-state index < -0.39 is 5.54 Å².